The molecule has 2 rings (SSSR count). The van der Waals surface area contributed by atoms with Crippen LogP contribution in [-0.2, 0) is 0 Å². The first-order chi connectivity index (χ1) is 8.66. The lowest BCUT2D eigenvalue weighted by atomic mass is 9.87. The summed E-state index contributed by atoms with van der Waals surface area (Å²) in [6, 6.07) is 0. The van der Waals surface area contributed by atoms with Gasteiger partial charge < -0.3 is 4.90 Å². The molecule has 0 spiro atoms. The summed E-state index contributed by atoms with van der Waals surface area (Å²) in [5.41, 5.74) is 1.10. The van der Waals surface area contributed by atoms with Gasteiger partial charge >= 0.3 is 0 Å². The minimum Gasteiger partial charge on any atom is -0.369 e. The number of hydrogen-bond donors (Lipinski definition) is 0. The van der Waals surface area contributed by atoms with Crippen LogP contribution in [0.1, 0.15) is 43.7 Å². The van der Waals surface area contributed by atoms with Crippen molar-refractivity contribution in [1.82, 2.24) is 14.9 Å². The molecule has 1 aromatic rings. The van der Waals surface area contributed by atoms with Crippen LogP contribution >= 0.6 is 15.9 Å². The summed E-state index contributed by atoms with van der Waals surface area (Å²) in [5.74, 6) is 1.22. The number of halogens is 1. The van der Waals surface area contributed by atoms with Crippen molar-refractivity contribution in [2.75, 3.05) is 14.1 Å². The quantitative estimate of drug-likeness (QED) is 0.633. The fourth-order valence-electron chi connectivity index (χ4n) is 2.22. The summed E-state index contributed by atoms with van der Waals surface area (Å²) in [6.45, 7) is 0. The maximum atomic E-state index is 4.60. The third-order valence-corrected chi connectivity index (χ3v) is 3.70. The molecule has 98 valence electrons. The molecule has 0 N–H and O–H groups in total. The highest BCUT2D eigenvalue weighted by molar-refractivity contribution is 9.10. The third-order valence-electron chi connectivity index (χ3n) is 3.17. The molecule has 1 heterocycles. The normalized spacial score (nSPS) is 17.3. The van der Waals surface area contributed by atoms with E-state index in [0.717, 1.165) is 10.3 Å². The molecule has 0 bridgehead atoms. The van der Waals surface area contributed by atoms with Gasteiger partial charge in [0, 0.05) is 20.0 Å². The average molecular weight is 311 g/mol. The fraction of sp³-hybridized carbons (Fsp3) is 0.615. The number of rotatable bonds is 3. The van der Waals surface area contributed by atoms with Gasteiger partial charge in [-0.1, -0.05) is 19.3 Å². The minimum absolute atomic E-state index is 0.578. The first-order valence-corrected chi connectivity index (χ1v) is 7.19. The highest BCUT2D eigenvalue weighted by Crippen LogP contribution is 2.32. The Morgan fingerprint density at radius 1 is 1.33 bits per heavy atom. The van der Waals surface area contributed by atoms with Gasteiger partial charge in [0.25, 0.3) is 0 Å². The van der Waals surface area contributed by atoms with Crippen molar-refractivity contribution in [3.63, 3.8) is 0 Å². The molecule has 1 aromatic heterocycles. The number of hydrogen-bond acceptors (Lipinski definition) is 3. The smallest absolute Gasteiger partial charge is 0.186 e. The SMILES string of the molecule is CN(C)/C=N/c1ncc(C2CCCCC2)nc1Br. The maximum absolute atomic E-state index is 4.60. The van der Waals surface area contributed by atoms with Crippen molar-refractivity contribution in [1.29, 1.82) is 0 Å². The molecule has 0 amide bonds. The van der Waals surface area contributed by atoms with E-state index < -0.39 is 0 Å². The number of nitrogens with zero attached hydrogens (tertiary/aromatic N) is 4. The topological polar surface area (TPSA) is 41.4 Å². The van der Waals surface area contributed by atoms with Crippen molar-refractivity contribution < 1.29 is 0 Å². The van der Waals surface area contributed by atoms with Crippen LogP contribution in [0.5, 0.6) is 0 Å². The van der Waals surface area contributed by atoms with E-state index in [1.165, 1.54) is 32.1 Å². The number of aliphatic imine (C=N–C) groups is 1. The summed E-state index contributed by atoms with van der Waals surface area (Å²) in [6.07, 6.45) is 10.1. The summed E-state index contributed by atoms with van der Waals surface area (Å²) < 4.78 is 0.740. The third kappa shape index (κ3) is 3.51. The molecule has 0 saturated heterocycles. The van der Waals surface area contributed by atoms with Crippen LogP contribution in [0.3, 0.4) is 0 Å². The van der Waals surface area contributed by atoms with Crippen molar-refractivity contribution in [3.05, 3.63) is 16.5 Å². The van der Waals surface area contributed by atoms with Gasteiger partial charge in [0.15, 0.2) is 10.4 Å². The summed E-state index contributed by atoms with van der Waals surface area (Å²) in [7, 11) is 3.86. The van der Waals surface area contributed by atoms with Crippen molar-refractivity contribution >= 4 is 28.1 Å². The van der Waals surface area contributed by atoms with Crippen LogP contribution in [0.25, 0.3) is 0 Å². The zero-order valence-corrected chi connectivity index (χ0v) is 12.5. The standard InChI is InChI=1S/C13H19BrN4/c1-18(2)9-16-13-12(14)17-11(8-15-13)10-6-4-3-5-7-10/h8-10H,3-7H2,1-2H3/b16-9+. The second-order valence-electron chi connectivity index (χ2n) is 4.95. The molecule has 0 aromatic carbocycles. The van der Waals surface area contributed by atoms with Crippen molar-refractivity contribution in [2.45, 2.75) is 38.0 Å². The van der Waals surface area contributed by atoms with Crippen LogP contribution in [0, 0.1) is 0 Å². The first kappa shape index (κ1) is 13.5. The summed E-state index contributed by atoms with van der Waals surface area (Å²) in [4.78, 5) is 15.1. The lowest BCUT2D eigenvalue weighted by molar-refractivity contribution is 0.435. The van der Waals surface area contributed by atoms with Gasteiger partial charge in [-0.2, -0.15) is 0 Å². The number of aromatic nitrogens is 2. The molecular weight excluding hydrogens is 292 g/mol. The van der Waals surface area contributed by atoms with Gasteiger partial charge in [0.1, 0.15) is 0 Å². The van der Waals surface area contributed by atoms with Gasteiger partial charge in [-0.3, -0.25) is 0 Å². The molecule has 0 unspecified atom stereocenters. The molecule has 0 aliphatic heterocycles. The predicted molar refractivity (Wildman–Crippen MR) is 77.4 cm³/mol. The highest BCUT2D eigenvalue weighted by Gasteiger charge is 2.18. The Kier molecular flexibility index (Phi) is 4.69. The molecule has 1 aliphatic carbocycles. The highest BCUT2D eigenvalue weighted by atomic mass is 79.9. The molecular formula is C13H19BrN4. The summed E-state index contributed by atoms with van der Waals surface area (Å²) in [5, 5.41) is 0. The predicted octanol–water partition coefficient (Wildman–Crippen LogP) is 3.51. The van der Waals surface area contributed by atoms with E-state index >= 15 is 0 Å². The van der Waals surface area contributed by atoms with E-state index in [1.54, 1.807) is 6.34 Å². The molecule has 0 radical (unpaired) electrons. The molecule has 1 saturated carbocycles. The average Bonchev–Trinajstić information content (AvgIpc) is 2.38. The zero-order chi connectivity index (χ0) is 13.0. The Bertz CT molecular complexity index is 425. The second kappa shape index (κ2) is 6.27. The van der Waals surface area contributed by atoms with Crippen LogP contribution in [0.4, 0.5) is 5.82 Å². The van der Waals surface area contributed by atoms with E-state index in [1.807, 2.05) is 25.2 Å². The molecule has 1 fully saturated rings. The Morgan fingerprint density at radius 2 is 2.06 bits per heavy atom. The molecule has 18 heavy (non-hydrogen) atoms. The Morgan fingerprint density at radius 3 is 2.67 bits per heavy atom. The van der Waals surface area contributed by atoms with Gasteiger partial charge in [-0.05, 0) is 28.8 Å². The van der Waals surface area contributed by atoms with Gasteiger partial charge in [0.05, 0.1) is 18.2 Å². The summed E-state index contributed by atoms with van der Waals surface area (Å²) >= 11 is 3.46. The molecule has 0 atom stereocenters. The van der Waals surface area contributed by atoms with Gasteiger partial charge in [-0.25, -0.2) is 15.0 Å². The lowest BCUT2D eigenvalue weighted by Crippen LogP contribution is -2.08. The molecule has 1 aliphatic rings. The van der Waals surface area contributed by atoms with E-state index in [-0.39, 0.29) is 0 Å². The minimum atomic E-state index is 0.578. The van der Waals surface area contributed by atoms with Gasteiger partial charge in [-0.15, -0.1) is 0 Å². The van der Waals surface area contributed by atoms with E-state index in [4.69, 9.17) is 0 Å². The van der Waals surface area contributed by atoms with Crippen LogP contribution in [-0.4, -0.2) is 35.3 Å². The Labute approximate surface area is 117 Å². The van der Waals surface area contributed by atoms with Crippen LogP contribution in [0.2, 0.25) is 0 Å². The van der Waals surface area contributed by atoms with Crippen LogP contribution < -0.4 is 0 Å². The lowest BCUT2D eigenvalue weighted by Gasteiger charge is -2.20. The fourth-order valence-corrected chi connectivity index (χ4v) is 2.63. The maximum Gasteiger partial charge on any atom is 0.186 e. The van der Waals surface area contributed by atoms with E-state index in [9.17, 15) is 0 Å². The largest absolute Gasteiger partial charge is 0.369 e. The van der Waals surface area contributed by atoms with Gasteiger partial charge in [0.2, 0.25) is 0 Å². The van der Waals surface area contributed by atoms with Crippen LogP contribution in [0.15, 0.2) is 15.8 Å². The Balaban J connectivity index is 2.13. The van der Waals surface area contributed by atoms with E-state index in [0.29, 0.717) is 11.7 Å². The molecule has 5 heteroatoms. The Hall–Kier alpha value is -0.970. The second-order valence-corrected chi connectivity index (χ2v) is 5.70. The van der Waals surface area contributed by atoms with Crippen molar-refractivity contribution in [2.24, 2.45) is 4.99 Å². The molecule has 4 nitrogen and oxygen atoms in total. The van der Waals surface area contributed by atoms with E-state index in [2.05, 4.69) is 30.9 Å². The van der Waals surface area contributed by atoms with Crippen molar-refractivity contribution in [3.8, 4) is 0 Å². The first-order valence-electron chi connectivity index (χ1n) is 6.40. The zero-order valence-electron chi connectivity index (χ0n) is 10.9. The monoisotopic (exact) mass is 310 g/mol.